The van der Waals surface area contributed by atoms with Crippen molar-refractivity contribution in [1.82, 2.24) is 15.3 Å². The van der Waals surface area contributed by atoms with E-state index in [1.165, 1.54) is 17.7 Å². The van der Waals surface area contributed by atoms with Crippen LogP contribution in [0, 0.1) is 5.92 Å². The van der Waals surface area contributed by atoms with Crippen molar-refractivity contribution in [1.29, 1.82) is 0 Å². The van der Waals surface area contributed by atoms with E-state index in [0.29, 0.717) is 25.5 Å². The molecule has 1 fully saturated rings. The zero-order chi connectivity index (χ0) is 21.5. The molecule has 1 aliphatic carbocycles. The third kappa shape index (κ3) is 6.24. The molecule has 1 aliphatic heterocycles. The van der Waals surface area contributed by atoms with Crippen molar-refractivity contribution >= 4 is 11.8 Å². The third-order valence-electron chi connectivity index (χ3n) is 6.29. The fourth-order valence-electron chi connectivity index (χ4n) is 4.32. The van der Waals surface area contributed by atoms with E-state index < -0.39 is 12.0 Å². The highest BCUT2D eigenvalue weighted by molar-refractivity contribution is 5.73. The van der Waals surface area contributed by atoms with Crippen LogP contribution >= 0.6 is 0 Å². The summed E-state index contributed by atoms with van der Waals surface area (Å²) in [6.45, 7) is 1.97. The first-order valence-electron chi connectivity index (χ1n) is 11.4. The molecule has 0 unspecified atom stereocenters. The molecule has 2 aliphatic rings. The van der Waals surface area contributed by atoms with Crippen LogP contribution in [0.15, 0.2) is 36.7 Å². The Morgan fingerprint density at radius 1 is 1.32 bits per heavy atom. The van der Waals surface area contributed by atoms with Gasteiger partial charge in [0.25, 0.3) is 0 Å². The van der Waals surface area contributed by atoms with Crippen molar-refractivity contribution in [2.45, 2.75) is 63.6 Å². The molecule has 166 valence electrons. The monoisotopic (exact) mass is 424 g/mol. The number of carbonyl (C=O) groups is 1. The molecular formula is C24H32N4O3. The average Bonchev–Trinajstić information content (AvgIpc) is 2.77. The largest absolute Gasteiger partial charge is 0.480 e. The van der Waals surface area contributed by atoms with Crippen molar-refractivity contribution in [3.05, 3.63) is 53.5 Å². The Balaban J connectivity index is 1.11. The smallest absolute Gasteiger partial charge is 0.320 e. The zero-order valence-electron chi connectivity index (χ0n) is 17.9. The van der Waals surface area contributed by atoms with Crippen molar-refractivity contribution < 1.29 is 14.6 Å². The first kappa shape index (κ1) is 21.7. The van der Waals surface area contributed by atoms with E-state index in [1.807, 2.05) is 12.1 Å². The quantitative estimate of drug-likeness (QED) is 0.510. The van der Waals surface area contributed by atoms with Gasteiger partial charge in [-0.25, -0.2) is 4.98 Å². The van der Waals surface area contributed by atoms with Gasteiger partial charge in [0.2, 0.25) is 0 Å². The van der Waals surface area contributed by atoms with Crippen molar-refractivity contribution in [3.63, 3.8) is 0 Å². The van der Waals surface area contributed by atoms with Crippen molar-refractivity contribution in [3.8, 4) is 0 Å². The Morgan fingerprint density at radius 3 is 3.03 bits per heavy atom. The van der Waals surface area contributed by atoms with Gasteiger partial charge in [-0.15, -0.1) is 0 Å². The number of nitrogens with zero attached hydrogens (tertiary/aromatic N) is 2. The van der Waals surface area contributed by atoms with Crippen LogP contribution in [0.5, 0.6) is 0 Å². The molecule has 3 heterocycles. The standard InChI is InChI=1S/C24H32N4O3/c29-24(30)22(27-16-18-3-1-10-25-15-18)9-12-31-21-13-17(14-21)5-7-20-8-6-19-4-2-11-26-23(19)28-20/h1,3,6,8,10,15,17,21-22,27H,2,4-5,7,9,11-14,16H2,(H,26,28)(H,29,30)/t17?,21?,22-/m0/s1. The van der Waals surface area contributed by atoms with Crippen LogP contribution in [-0.4, -0.2) is 46.3 Å². The molecule has 0 saturated heterocycles. The van der Waals surface area contributed by atoms with Gasteiger partial charge < -0.3 is 20.5 Å². The van der Waals surface area contributed by atoms with E-state index in [1.54, 1.807) is 12.4 Å². The number of rotatable bonds is 11. The summed E-state index contributed by atoms with van der Waals surface area (Å²) in [7, 11) is 0. The number of anilines is 1. The Hall–Kier alpha value is -2.51. The number of carboxylic acid groups (broad SMARTS) is 1. The minimum atomic E-state index is -0.842. The Kier molecular flexibility index (Phi) is 7.48. The van der Waals surface area contributed by atoms with E-state index in [-0.39, 0.29) is 6.10 Å². The van der Waals surface area contributed by atoms with Crippen LogP contribution in [0.3, 0.4) is 0 Å². The number of aromatic nitrogens is 2. The summed E-state index contributed by atoms with van der Waals surface area (Å²) in [6.07, 6.45) is 10.7. The second-order valence-corrected chi connectivity index (χ2v) is 8.63. The van der Waals surface area contributed by atoms with Gasteiger partial charge in [0.05, 0.1) is 6.10 Å². The van der Waals surface area contributed by atoms with Crippen molar-refractivity contribution in [2.75, 3.05) is 18.5 Å². The second kappa shape index (κ2) is 10.7. The molecular weight excluding hydrogens is 392 g/mol. The lowest BCUT2D eigenvalue weighted by Gasteiger charge is -2.35. The number of pyridine rings is 2. The highest BCUT2D eigenvalue weighted by Gasteiger charge is 2.30. The normalized spacial score (nSPS) is 20.9. The summed E-state index contributed by atoms with van der Waals surface area (Å²) in [6, 6.07) is 7.56. The van der Waals surface area contributed by atoms with Gasteiger partial charge in [0, 0.05) is 37.8 Å². The minimum Gasteiger partial charge on any atom is -0.480 e. The summed E-state index contributed by atoms with van der Waals surface area (Å²) in [5.41, 5.74) is 3.48. The molecule has 31 heavy (non-hydrogen) atoms. The maximum Gasteiger partial charge on any atom is 0.320 e. The molecule has 4 rings (SSSR count). The van der Waals surface area contributed by atoms with Crippen LogP contribution < -0.4 is 10.6 Å². The third-order valence-corrected chi connectivity index (χ3v) is 6.29. The van der Waals surface area contributed by atoms with E-state index >= 15 is 0 Å². The molecule has 2 aromatic rings. The predicted octanol–water partition coefficient (Wildman–Crippen LogP) is 3.20. The highest BCUT2D eigenvalue weighted by Crippen LogP contribution is 2.34. The number of aliphatic carboxylic acids is 1. The lowest BCUT2D eigenvalue weighted by molar-refractivity contribution is -0.140. The molecule has 0 spiro atoms. The number of carboxylic acids is 1. The second-order valence-electron chi connectivity index (χ2n) is 8.63. The summed E-state index contributed by atoms with van der Waals surface area (Å²) < 4.78 is 5.93. The lowest BCUT2D eigenvalue weighted by atomic mass is 9.79. The van der Waals surface area contributed by atoms with Gasteiger partial charge in [-0.1, -0.05) is 12.1 Å². The maximum absolute atomic E-state index is 11.5. The number of nitrogens with one attached hydrogen (secondary N) is 2. The maximum atomic E-state index is 11.5. The minimum absolute atomic E-state index is 0.260. The molecule has 0 radical (unpaired) electrons. The fourth-order valence-corrected chi connectivity index (χ4v) is 4.32. The number of aryl methyl sites for hydroxylation is 2. The highest BCUT2D eigenvalue weighted by atomic mass is 16.5. The zero-order valence-corrected chi connectivity index (χ0v) is 17.9. The topological polar surface area (TPSA) is 96.4 Å². The molecule has 7 nitrogen and oxygen atoms in total. The van der Waals surface area contributed by atoms with Gasteiger partial charge in [-0.2, -0.15) is 0 Å². The predicted molar refractivity (Wildman–Crippen MR) is 119 cm³/mol. The molecule has 2 aromatic heterocycles. The van der Waals surface area contributed by atoms with Gasteiger partial charge in [0.1, 0.15) is 11.9 Å². The van der Waals surface area contributed by atoms with E-state index in [2.05, 4.69) is 27.8 Å². The average molecular weight is 425 g/mol. The molecule has 3 N–H and O–H groups in total. The van der Waals surface area contributed by atoms with Gasteiger partial charge >= 0.3 is 5.97 Å². The van der Waals surface area contributed by atoms with Crippen molar-refractivity contribution in [2.24, 2.45) is 5.92 Å². The van der Waals surface area contributed by atoms with Crippen LogP contribution in [0.4, 0.5) is 5.82 Å². The summed E-state index contributed by atoms with van der Waals surface area (Å²) in [5, 5.41) is 15.9. The Labute approximate surface area is 183 Å². The molecule has 0 aromatic carbocycles. The molecule has 1 atom stereocenters. The molecule has 7 heteroatoms. The van der Waals surface area contributed by atoms with Crippen LogP contribution in [-0.2, 0) is 28.9 Å². The SMILES string of the molecule is O=C(O)[C@H](CCOC1CC(CCc2ccc3c(n2)NCCC3)C1)NCc1cccnc1. The van der Waals surface area contributed by atoms with E-state index in [9.17, 15) is 9.90 Å². The Bertz CT molecular complexity index is 855. The molecule has 0 bridgehead atoms. The first-order chi connectivity index (χ1) is 15.2. The lowest BCUT2D eigenvalue weighted by Crippen LogP contribution is -2.38. The van der Waals surface area contributed by atoms with E-state index in [4.69, 9.17) is 9.72 Å². The van der Waals surface area contributed by atoms with Crippen LogP contribution in [0.25, 0.3) is 0 Å². The first-order valence-corrected chi connectivity index (χ1v) is 11.4. The molecule has 0 amide bonds. The fraction of sp³-hybridized carbons (Fsp3) is 0.542. The number of hydrogen-bond donors (Lipinski definition) is 3. The van der Waals surface area contributed by atoms with Crippen LogP contribution in [0.1, 0.15) is 48.9 Å². The number of ether oxygens (including phenoxy) is 1. The molecule has 1 saturated carbocycles. The van der Waals surface area contributed by atoms with Crippen LogP contribution in [0.2, 0.25) is 0 Å². The number of fused-ring (bicyclic) bond motifs is 1. The number of hydrogen-bond acceptors (Lipinski definition) is 6. The van der Waals surface area contributed by atoms with Gasteiger partial charge in [-0.05, 0) is 74.1 Å². The summed E-state index contributed by atoms with van der Waals surface area (Å²) >= 11 is 0. The summed E-state index contributed by atoms with van der Waals surface area (Å²) in [5.74, 6) is 0.907. The van der Waals surface area contributed by atoms with Gasteiger partial charge in [0.15, 0.2) is 0 Å². The summed E-state index contributed by atoms with van der Waals surface area (Å²) in [4.78, 5) is 20.3. The van der Waals surface area contributed by atoms with E-state index in [0.717, 1.165) is 50.0 Å². The Morgan fingerprint density at radius 2 is 2.23 bits per heavy atom. The van der Waals surface area contributed by atoms with Gasteiger partial charge in [-0.3, -0.25) is 9.78 Å².